The van der Waals surface area contributed by atoms with Gasteiger partial charge in [0.1, 0.15) is 49.4 Å². The molecular formula is C67H105N7O20. The van der Waals surface area contributed by atoms with Gasteiger partial charge < -0.3 is 72.7 Å². The maximum atomic E-state index is 16.2. The molecule has 2 aromatic rings. The first-order valence-corrected chi connectivity index (χ1v) is 33.0. The summed E-state index contributed by atoms with van der Waals surface area (Å²) in [7, 11) is 4.22. The normalized spacial score (nSPS) is 35.1. The van der Waals surface area contributed by atoms with Crippen molar-refractivity contribution < 1.29 is 91.2 Å². The second kappa shape index (κ2) is 34.4. The fourth-order valence-electron chi connectivity index (χ4n) is 13.5. The number of cyclic esters (lactones) is 1. The van der Waals surface area contributed by atoms with Crippen LogP contribution in [0.5, 0.6) is 0 Å². The Hall–Kier alpha value is -5.88. The van der Waals surface area contributed by atoms with Gasteiger partial charge in [0.2, 0.25) is 0 Å². The van der Waals surface area contributed by atoms with Gasteiger partial charge >= 0.3 is 18.0 Å². The summed E-state index contributed by atoms with van der Waals surface area (Å²) in [6, 6.07) is 2.95. The third-order valence-corrected chi connectivity index (χ3v) is 18.6. The van der Waals surface area contributed by atoms with Crippen molar-refractivity contribution in [3.8, 4) is 0 Å². The van der Waals surface area contributed by atoms with Crippen LogP contribution in [0.3, 0.4) is 0 Å². The number of Topliss-reactive ketones (excluding diaryl/α,β-unsaturated/α-hetero) is 2. The fraction of sp³-hybridized carbons (Fsp3) is 0.761. The van der Waals surface area contributed by atoms with Gasteiger partial charge in [0.05, 0.1) is 60.9 Å². The number of ketones is 2. The number of hydrazine groups is 1. The van der Waals surface area contributed by atoms with Crippen LogP contribution in [0.15, 0.2) is 46.9 Å². The predicted molar refractivity (Wildman–Crippen MR) is 341 cm³/mol. The van der Waals surface area contributed by atoms with E-state index in [1.165, 1.54) is 34.4 Å². The molecule has 27 heteroatoms. The Morgan fingerprint density at radius 2 is 1.54 bits per heavy atom. The summed E-state index contributed by atoms with van der Waals surface area (Å²) >= 11 is 0. The molecule has 4 aliphatic heterocycles. The van der Waals surface area contributed by atoms with Gasteiger partial charge in [-0.2, -0.15) is 0 Å². The number of methoxy groups -OCH3 is 2. The van der Waals surface area contributed by atoms with Crippen molar-refractivity contribution >= 4 is 41.2 Å². The molecule has 6 heterocycles. The Morgan fingerprint density at radius 1 is 0.862 bits per heavy atom. The monoisotopic (exact) mass is 1330 g/mol. The van der Waals surface area contributed by atoms with E-state index < -0.39 is 162 Å². The van der Waals surface area contributed by atoms with E-state index in [1.54, 1.807) is 86.8 Å². The van der Waals surface area contributed by atoms with Crippen LogP contribution < -0.4 is 16.3 Å². The Labute approximate surface area is 552 Å². The summed E-state index contributed by atoms with van der Waals surface area (Å²) in [5.74, 6) is -8.99. The first-order valence-electron chi connectivity index (χ1n) is 33.0. The van der Waals surface area contributed by atoms with Crippen molar-refractivity contribution in [3.05, 3.63) is 58.5 Å². The number of aromatic nitrogens is 3. The van der Waals surface area contributed by atoms with Crippen molar-refractivity contribution in [1.82, 2.24) is 30.7 Å². The van der Waals surface area contributed by atoms with Gasteiger partial charge in [0, 0.05) is 93.5 Å². The van der Waals surface area contributed by atoms with Gasteiger partial charge in [0.15, 0.2) is 29.7 Å². The molecule has 2 aromatic heterocycles. The van der Waals surface area contributed by atoms with Gasteiger partial charge in [-0.3, -0.25) is 39.2 Å². The van der Waals surface area contributed by atoms with Crippen molar-refractivity contribution in [1.29, 1.82) is 0 Å². The standard InChI is InChI=1S/C67H105N7O20/c1-34(2)25-51(77)91-56-41(9)55(37(5)33-87-64-59(85-17)58(84-16)52(78)44(12)89-64)92-62(82)43(11)57(90-46-26-35(3)32-74(38(6)27-46)72-61(81)45-20-23-68-24-21-45)40(8)54(93-63-53(79)47(73-86-18)28-39(7)88-63)36(4)29-67(15,60(80)42(56)10)94-65(83)71-66(13,14)22-19-49(75)48-30-70-50(76)31-69-48/h20-21,23-24,30-31,34-44,46,52-59,63-64,78-79H,19,22,25-29,32-33H2,1-18H3,(H,70,76)(H,71,83)(H,72,81)/t35-,36+,37+,38?,39-,40-,41+,42-,43-,44-,46-,52-,53-,54+,55-,56-,57+,58-,59-,63+,64-,67+/m1/s1. The predicted octanol–water partition coefficient (Wildman–Crippen LogP) is 6.31. The van der Waals surface area contributed by atoms with Gasteiger partial charge in [-0.15, -0.1) is 0 Å². The number of ether oxygens (including phenoxy) is 10. The smallest absolute Gasteiger partial charge is 0.408 e. The Balaban J connectivity index is 1.50. The van der Waals surface area contributed by atoms with Crippen LogP contribution in [0.1, 0.15) is 170 Å². The topological polar surface area (TPSA) is 343 Å². The number of carbonyl (C=O) groups excluding carboxylic acids is 6. The zero-order chi connectivity index (χ0) is 69.7. The molecule has 0 bridgehead atoms. The van der Waals surface area contributed by atoms with Crippen molar-refractivity contribution in [3.63, 3.8) is 0 Å². The molecule has 0 aromatic carbocycles. The van der Waals surface area contributed by atoms with Crippen molar-refractivity contribution in [2.24, 2.45) is 52.5 Å². The molecule has 2 amide bonds. The number of nitrogens with one attached hydrogen (secondary N) is 3. The average Bonchev–Trinajstić information content (AvgIpc) is 0.820. The number of rotatable bonds is 22. The summed E-state index contributed by atoms with van der Waals surface area (Å²) < 4.78 is 64.7. The number of aliphatic hydroxyl groups is 2. The van der Waals surface area contributed by atoms with Crippen molar-refractivity contribution in [2.75, 3.05) is 34.5 Å². The van der Waals surface area contributed by atoms with E-state index in [1.807, 2.05) is 39.6 Å². The minimum absolute atomic E-state index is 0.0211. The molecule has 6 rings (SSSR count). The quantitative estimate of drug-likeness (QED) is 0.0373. The van der Waals surface area contributed by atoms with E-state index in [0.717, 1.165) is 6.20 Å². The van der Waals surface area contributed by atoms with Crippen LogP contribution >= 0.6 is 0 Å². The highest BCUT2D eigenvalue weighted by molar-refractivity contribution is 5.94. The Morgan fingerprint density at radius 3 is 2.17 bits per heavy atom. The van der Waals surface area contributed by atoms with Crippen LogP contribution in [0.4, 0.5) is 4.79 Å². The number of amides is 2. The third kappa shape index (κ3) is 20.3. The molecule has 94 heavy (non-hydrogen) atoms. The number of aromatic amines is 1. The van der Waals surface area contributed by atoms with E-state index in [-0.39, 0.29) is 73.9 Å². The largest absolute Gasteiger partial charge is 0.461 e. The molecule has 4 saturated heterocycles. The van der Waals surface area contributed by atoms with E-state index in [9.17, 15) is 34.2 Å². The zero-order valence-corrected chi connectivity index (χ0v) is 58.1. The molecule has 0 saturated carbocycles. The zero-order valence-electron chi connectivity index (χ0n) is 58.1. The first-order chi connectivity index (χ1) is 44.2. The lowest BCUT2D eigenvalue weighted by Crippen LogP contribution is -2.59. The highest BCUT2D eigenvalue weighted by Gasteiger charge is 2.53. The number of hydrogen-bond acceptors (Lipinski definition) is 24. The van der Waals surface area contributed by atoms with E-state index in [0.29, 0.717) is 24.9 Å². The summed E-state index contributed by atoms with van der Waals surface area (Å²) in [5.41, 5.74) is 0.0152. The first kappa shape index (κ1) is 77.1. The number of hydrogen-bond donors (Lipinski definition) is 5. The number of pyridine rings is 1. The van der Waals surface area contributed by atoms with Gasteiger partial charge in [-0.25, -0.2) is 14.8 Å². The lowest BCUT2D eigenvalue weighted by Gasteiger charge is -2.45. The van der Waals surface area contributed by atoms with Crippen LogP contribution in [0.2, 0.25) is 0 Å². The molecule has 22 atom stereocenters. The summed E-state index contributed by atoms with van der Waals surface area (Å²) in [5, 5.41) is 31.9. The van der Waals surface area contributed by atoms with Crippen LogP contribution in [-0.4, -0.2) is 203 Å². The van der Waals surface area contributed by atoms with Gasteiger partial charge in [-0.05, 0) is 104 Å². The summed E-state index contributed by atoms with van der Waals surface area (Å²) in [4.78, 5) is 115. The lowest BCUT2D eigenvalue weighted by molar-refractivity contribution is -0.305. The van der Waals surface area contributed by atoms with Gasteiger partial charge in [0.25, 0.3) is 11.5 Å². The third-order valence-electron chi connectivity index (χ3n) is 18.6. The summed E-state index contributed by atoms with van der Waals surface area (Å²) in [6.07, 6.45) is -8.53. The number of esters is 2. The number of alkyl carbamates (subject to hydrolysis) is 1. The molecule has 27 nitrogen and oxygen atoms in total. The molecular weight excluding hydrogens is 1220 g/mol. The van der Waals surface area contributed by atoms with E-state index in [4.69, 9.17) is 52.2 Å². The molecule has 528 valence electrons. The molecule has 4 aliphatic rings. The number of carbonyl (C=O) groups is 6. The summed E-state index contributed by atoms with van der Waals surface area (Å²) in [6.45, 7) is 26.6. The average molecular weight is 1330 g/mol. The molecule has 0 aliphatic carbocycles. The number of aliphatic hydroxyl groups excluding tert-OH is 2. The van der Waals surface area contributed by atoms with E-state index >= 15 is 9.59 Å². The highest BCUT2D eigenvalue weighted by Crippen LogP contribution is 2.41. The van der Waals surface area contributed by atoms with Crippen LogP contribution in [0.25, 0.3) is 0 Å². The Kier molecular flexibility index (Phi) is 28.2. The van der Waals surface area contributed by atoms with Gasteiger partial charge in [-0.1, -0.05) is 60.5 Å². The maximum absolute atomic E-state index is 16.2. The minimum Gasteiger partial charge on any atom is -0.461 e. The number of oxime groups is 1. The number of nitrogens with zero attached hydrogens (tertiary/aromatic N) is 4. The second-order valence-electron chi connectivity index (χ2n) is 27.9. The maximum Gasteiger partial charge on any atom is 0.408 e. The molecule has 4 fully saturated rings. The fourth-order valence-corrected chi connectivity index (χ4v) is 13.5. The molecule has 0 spiro atoms. The molecule has 5 N–H and O–H groups in total. The van der Waals surface area contributed by atoms with Crippen LogP contribution in [0, 0.1) is 47.3 Å². The molecule has 1 unspecified atom stereocenters. The minimum atomic E-state index is -2.11. The van der Waals surface area contributed by atoms with Crippen LogP contribution in [-0.2, 0) is 66.6 Å². The van der Waals surface area contributed by atoms with E-state index in [2.05, 4.69) is 30.9 Å². The molecule has 0 radical (unpaired) electrons. The Bertz CT molecular complexity index is 2900. The lowest BCUT2D eigenvalue weighted by atomic mass is 9.74. The highest BCUT2D eigenvalue weighted by atomic mass is 16.7. The second-order valence-corrected chi connectivity index (χ2v) is 27.9. The van der Waals surface area contributed by atoms with Crippen molar-refractivity contribution in [2.45, 2.75) is 246 Å². The SMILES string of the molecule is CON=C1C[C@@H](C)O[C@@H](O[C@@H]2[C@@H](C)[C@H](O[C@H]3CC(C)N(NC(=O)c4ccncc4)C[C@H](C)C3)[C@@H](C)C(=O)O[C@H]([C@@H](C)CO[C@@H]3O[C@H](C)[C@@H](O)[C@@H](OC)[C@H]3OC)[C@H](C)[C@@H](OC(=O)CC(C)C)[C@@H](C)C(=O)[C@@](C)(OC(=O)NC(C)(C)CCC(=O)c3c[nH]c(=O)cn3)C[C@@H]2C)[C@@H]1O. The number of H-pyrrole nitrogens is 1.